The Kier molecular flexibility index (Phi) is 2.37. The molecule has 0 spiro atoms. The van der Waals surface area contributed by atoms with Crippen LogP contribution in [0.2, 0.25) is 0 Å². The first kappa shape index (κ1) is 10.0. The van der Waals surface area contributed by atoms with Crippen LogP contribution in [0.15, 0.2) is 59.4 Å². The SMILES string of the molecule is O=c1c2cc3ccccc3cc1C/C=C\C=C/2. The predicted molar refractivity (Wildman–Crippen MR) is 72.1 cm³/mol. The van der Waals surface area contributed by atoms with Crippen LogP contribution in [0.4, 0.5) is 0 Å². The van der Waals surface area contributed by atoms with Crippen molar-refractivity contribution in [3.8, 4) is 0 Å². The fourth-order valence-corrected chi connectivity index (χ4v) is 2.15. The van der Waals surface area contributed by atoms with Crippen LogP contribution in [0.3, 0.4) is 0 Å². The quantitative estimate of drug-likeness (QED) is 0.665. The highest BCUT2D eigenvalue weighted by atomic mass is 16.1. The lowest BCUT2D eigenvalue weighted by Crippen LogP contribution is -2.08. The zero-order chi connectivity index (χ0) is 11.7. The maximum Gasteiger partial charge on any atom is 0.189 e. The van der Waals surface area contributed by atoms with E-state index in [-0.39, 0.29) is 5.43 Å². The maximum atomic E-state index is 12.2. The van der Waals surface area contributed by atoms with Crippen LogP contribution in [0, 0.1) is 0 Å². The molecule has 1 aliphatic carbocycles. The van der Waals surface area contributed by atoms with Crippen molar-refractivity contribution < 1.29 is 0 Å². The van der Waals surface area contributed by atoms with E-state index >= 15 is 0 Å². The largest absolute Gasteiger partial charge is 0.289 e. The van der Waals surface area contributed by atoms with E-state index in [0.717, 1.165) is 21.9 Å². The summed E-state index contributed by atoms with van der Waals surface area (Å²) in [5.41, 5.74) is 1.77. The molecule has 0 saturated heterocycles. The standard InChI is InChI=1S/C16H12O/c17-16-14-8-2-1-3-9-15(16)11-13-7-5-4-6-12(13)10-14/h1-8,10-11H,9H2/b3-1-,8-2-. The third-order valence-corrected chi connectivity index (χ3v) is 3.05. The van der Waals surface area contributed by atoms with Crippen LogP contribution in [0.25, 0.3) is 16.8 Å². The van der Waals surface area contributed by atoms with E-state index in [2.05, 4.69) is 0 Å². The molecule has 0 fully saturated rings. The molecule has 0 saturated carbocycles. The number of benzene rings is 1. The Balaban J connectivity index is 2.49. The molecule has 1 nitrogen and oxygen atoms in total. The molecule has 0 N–H and O–H groups in total. The summed E-state index contributed by atoms with van der Waals surface area (Å²) in [5, 5.41) is 2.23. The Labute approximate surface area is 99.7 Å². The molecule has 2 aromatic carbocycles. The van der Waals surface area contributed by atoms with Crippen LogP contribution in [-0.4, -0.2) is 0 Å². The van der Waals surface area contributed by atoms with Gasteiger partial charge in [0.1, 0.15) is 0 Å². The van der Waals surface area contributed by atoms with Gasteiger partial charge in [0.05, 0.1) is 0 Å². The molecule has 17 heavy (non-hydrogen) atoms. The van der Waals surface area contributed by atoms with Crippen molar-refractivity contribution in [3.05, 3.63) is 76.0 Å². The Bertz CT molecular complexity index is 693. The molecule has 0 atom stereocenters. The summed E-state index contributed by atoms with van der Waals surface area (Å²) in [6.45, 7) is 0. The van der Waals surface area contributed by atoms with Gasteiger partial charge in [-0.3, -0.25) is 4.79 Å². The molecule has 0 amide bonds. The van der Waals surface area contributed by atoms with Gasteiger partial charge >= 0.3 is 0 Å². The highest BCUT2D eigenvalue weighted by Crippen LogP contribution is 2.16. The summed E-state index contributed by atoms with van der Waals surface area (Å²) >= 11 is 0. The zero-order valence-corrected chi connectivity index (χ0v) is 9.39. The van der Waals surface area contributed by atoms with E-state index in [0.29, 0.717) is 6.42 Å². The molecule has 0 radical (unpaired) electrons. The van der Waals surface area contributed by atoms with E-state index in [1.807, 2.05) is 60.7 Å². The van der Waals surface area contributed by atoms with Crippen LogP contribution >= 0.6 is 0 Å². The molecule has 0 unspecified atom stereocenters. The number of hydrogen-bond donors (Lipinski definition) is 0. The lowest BCUT2D eigenvalue weighted by atomic mass is 10.1. The van der Waals surface area contributed by atoms with E-state index in [1.54, 1.807) is 0 Å². The van der Waals surface area contributed by atoms with Gasteiger partial charge in [0.15, 0.2) is 5.43 Å². The van der Waals surface area contributed by atoms with Gasteiger partial charge in [-0.15, -0.1) is 0 Å². The van der Waals surface area contributed by atoms with Gasteiger partial charge in [-0.05, 0) is 29.3 Å². The third kappa shape index (κ3) is 1.80. The first-order valence-corrected chi connectivity index (χ1v) is 5.74. The van der Waals surface area contributed by atoms with Gasteiger partial charge < -0.3 is 0 Å². The average molecular weight is 220 g/mol. The Morgan fingerprint density at radius 3 is 2.53 bits per heavy atom. The van der Waals surface area contributed by atoms with Crippen molar-refractivity contribution >= 4 is 16.8 Å². The van der Waals surface area contributed by atoms with E-state index < -0.39 is 0 Å². The minimum atomic E-state index is 0.141. The summed E-state index contributed by atoms with van der Waals surface area (Å²) in [6, 6.07) is 12.1. The summed E-state index contributed by atoms with van der Waals surface area (Å²) in [7, 11) is 0. The molecule has 3 rings (SSSR count). The second-order valence-electron chi connectivity index (χ2n) is 4.22. The van der Waals surface area contributed by atoms with Gasteiger partial charge in [-0.1, -0.05) is 48.6 Å². The molecule has 2 bridgehead atoms. The average Bonchev–Trinajstić information content (AvgIpc) is 2.49. The van der Waals surface area contributed by atoms with Gasteiger partial charge in [0, 0.05) is 11.1 Å². The van der Waals surface area contributed by atoms with Crippen molar-refractivity contribution in [2.75, 3.05) is 0 Å². The fraction of sp³-hybridized carbons (Fsp3) is 0.0625. The highest BCUT2D eigenvalue weighted by Gasteiger charge is 2.04. The van der Waals surface area contributed by atoms with Crippen LogP contribution in [-0.2, 0) is 6.42 Å². The first-order chi connectivity index (χ1) is 8.34. The Morgan fingerprint density at radius 1 is 0.941 bits per heavy atom. The molecule has 2 aromatic rings. The smallest absolute Gasteiger partial charge is 0.189 e. The minimum Gasteiger partial charge on any atom is -0.289 e. The lowest BCUT2D eigenvalue weighted by molar-refractivity contribution is 1.24. The monoisotopic (exact) mass is 220 g/mol. The number of allylic oxidation sites excluding steroid dienone is 3. The molecular weight excluding hydrogens is 208 g/mol. The van der Waals surface area contributed by atoms with Crippen LogP contribution in [0.1, 0.15) is 11.1 Å². The second-order valence-corrected chi connectivity index (χ2v) is 4.22. The Morgan fingerprint density at radius 2 is 1.71 bits per heavy atom. The third-order valence-electron chi connectivity index (χ3n) is 3.05. The van der Waals surface area contributed by atoms with Crippen LogP contribution < -0.4 is 5.43 Å². The van der Waals surface area contributed by atoms with Crippen molar-refractivity contribution in [1.82, 2.24) is 0 Å². The molecule has 0 aromatic heterocycles. The second kappa shape index (κ2) is 4.02. The van der Waals surface area contributed by atoms with Crippen LogP contribution in [0.5, 0.6) is 0 Å². The number of fused-ring (bicyclic) bond motifs is 3. The molecular formula is C16H12O. The molecule has 82 valence electrons. The van der Waals surface area contributed by atoms with E-state index in [4.69, 9.17) is 0 Å². The number of rotatable bonds is 0. The summed E-state index contributed by atoms with van der Waals surface area (Å²) in [4.78, 5) is 12.2. The maximum absolute atomic E-state index is 12.2. The van der Waals surface area contributed by atoms with Gasteiger partial charge in [-0.25, -0.2) is 0 Å². The summed E-state index contributed by atoms with van der Waals surface area (Å²) in [6.07, 6.45) is 8.52. The first-order valence-electron chi connectivity index (χ1n) is 5.74. The minimum absolute atomic E-state index is 0.141. The van der Waals surface area contributed by atoms with Gasteiger partial charge in [0.2, 0.25) is 0 Å². The summed E-state index contributed by atoms with van der Waals surface area (Å²) < 4.78 is 0. The van der Waals surface area contributed by atoms with E-state index in [1.165, 1.54) is 0 Å². The normalized spacial score (nSPS) is 17.2. The topological polar surface area (TPSA) is 17.1 Å². The molecule has 0 aliphatic heterocycles. The van der Waals surface area contributed by atoms with Crippen molar-refractivity contribution in [2.45, 2.75) is 6.42 Å². The van der Waals surface area contributed by atoms with Crippen molar-refractivity contribution in [1.29, 1.82) is 0 Å². The predicted octanol–water partition coefficient (Wildman–Crippen LogP) is 3.33. The lowest BCUT2D eigenvalue weighted by Gasteiger charge is -1.94. The number of hydrogen-bond acceptors (Lipinski definition) is 1. The molecule has 1 heteroatoms. The molecule has 0 heterocycles. The Hall–Kier alpha value is -2.15. The van der Waals surface area contributed by atoms with E-state index in [9.17, 15) is 4.79 Å². The molecule has 1 aliphatic rings. The zero-order valence-electron chi connectivity index (χ0n) is 9.39. The fourth-order valence-electron chi connectivity index (χ4n) is 2.15. The van der Waals surface area contributed by atoms with Gasteiger partial charge in [-0.2, -0.15) is 0 Å². The highest BCUT2D eigenvalue weighted by molar-refractivity contribution is 5.84. The van der Waals surface area contributed by atoms with Crippen molar-refractivity contribution in [3.63, 3.8) is 0 Å². The van der Waals surface area contributed by atoms with Gasteiger partial charge in [0.25, 0.3) is 0 Å². The summed E-state index contributed by atoms with van der Waals surface area (Å²) in [5.74, 6) is 0. The van der Waals surface area contributed by atoms with Crippen molar-refractivity contribution in [2.24, 2.45) is 0 Å².